The minimum Gasteiger partial charge on any atom is -0.492 e. The molecule has 0 spiro atoms. The van der Waals surface area contributed by atoms with Gasteiger partial charge >= 0.3 is 0 Å². The number of benzene rings is 1. The zero-order valence-electron chi connectivity index (χ0n) is 9.72. The molecular formula is C13H19NO2. The quantitative estimate of drug-likeness (QED) is 0.813. The average Bonchev–Trinajstić information content (AvgIpc) is 2.24. The van der Waals surface area contributed by atoms with E-state index in [1.54, 1.807) is 0 Å². The molecule has 1 aliphatic rings. The summed E-state index contributed by atoms with van der Waals surface area (Å²) in [6.45, 7) is 6.06. The van der Waals surface area contributed by atoms with Crippen molar-refractivity contribution in [3.63, 3.8) is 0 Å². The molecule has 1 fully saturated rings. The van der Waals surface area contributed by atoms with Crippen LogP contribution >= 0.6 is 0 Å². The van der Waals surface area contributed by atoms with Crippen LogP contribution in [0, 0.1) is 12.8 Å². The van der Waals surface area contributed by atoms with Gasteiger partial charge in [0, 0.05) is 32.2 Å². The van der Waals surface area contributed by atoms with Crippen LogP contribution in [0.3, 0.4) is 0 Å². The van der Waals surface area contributed by atoms with Crippen LogP contribution in [-0.4, -0.2) is 42.9 Å². The molecule has 2 rings (SSSR count). The summed E-state index contributed by atoms with van der Waals surface area (Å²) in [4.78, 5) is 2.30. The topological polar surface area (TPSA) is 32.7 Å². The summed E-state index contributed by atoms with van der Waals surface area (Å²) in [5.74, 6) is 1.46. The van der Waals surface area contributed by atoms with Crippen molar-refractivity contribution in [2.75, 3.05) is 32.8 Å². The lowest BCUT2D eigenvalue weighted by atomic mass is 10.0. The highest BCUT2D eigenvalue weighted by Crippen LogP contribution is 2.17. The molecule has 0 radical (unpaired) electrons. The monoisotopic (exact) mass is 221 g/mol. The van der Waals surface area contributed by atoms with Crippen LogP contribution in [-0.2, 0) is 0 Å². The van der Waals surface area contributed by atoms with Crippen molar-refractivity contribution in [2.24, 2.45) is 5.92 Å². The highest BCUT2D eigenvalue weighted by Gasteiger charge is 2.25. The molecule has 0 aromatic heterocycles. The van der Waals surface area contributed by atoms with Gasteiger partial charge in [-0.25, -0.2) is 0 Å². The van der Waals surface area contributed by atoms with Gasteiger partial charge in [-0.3, -0.25) is 4.90 Å². The Morgan fingerprint density at radius 1 is 1.38 bits per heavy atom. The maximum atomic E-state index is 8.89. The molecule has 1 aromatic carbocycles. The first-order valence-corrected chi connectivity index (χ1v) is 5.81. The summed E-state index contributed by atoms with van der Waals surface area (Å²) in [5, 5.41) is 8.89. The predicted molar refractivity (Wildman–Crippen MR) is 63.7 cm³/mol. The summed E-state index contributed by atoms with van der Waals surface area (Å²) >= 11 is 0. The van der Waals surface area contributed by atoms with E-state index in [-0.39, 0.29) is 0 Å². The third-order valence-corrected chi connectivity index (χ3v) is 3.05. The summed E-state index contributed by atoms with van der Waals surface area (Å²) in [6.07, 6.45) is 0. The van der Waals surface area contributed by atoms with Gasteiger partial charge in [0.05, 0.1) is 0 Å². The van der Waals surface area contributed by atoms with Crippen LogP contribution in [0.2, 0.25) is 0 Å². The third-order valence-electron chi connectivity index (χ3n) is 3.05. The molecular weight excluding hydrogens is 202 g/mol. The summed E-state index contributed by atoms with van der Waals surface area (Å²) in [7, 11) is 0. The molecule has 3 nitrogen and oxygen atoms in total. The van der Waals surface area contributed by atoms with E-state index < -0.39 is 0 Å². The van der Waals surface area contributed by atoms with Gasteiger partial charge in [0.15, 0.2) is 0 Å². The van der Waals surface area contributed by atoms with E-state index in [0.717, 1.165) is 32.0 Å². The van der Waals surface area contributed by atoms with E-state index in [4.69, 9.17) is 9.84 Å². The Bertz CT molecular complexity index is 334. The van der Waals surface area contributed by atoms with Crippen LogP contribution in [0.25, 0.3) is 0 Å². The lowest BCUT2D eigenvalue weighted by molar-refractivity contribution is 0.0438. The van der Waals surface area contributed by atoms with Crippen molar-refractivity contribution in [3.8, 4) is 5.75 Å². The first-order valence-electron chi connectivity index (χ1n) is 5.81. The summed E-state index contributed by atoms with van der Waals surface area (Å²) in [5.41, 5.74) is 1.18. The van der Waals surface area contributed by atoms with E-state index in [1.165, 1.54) is 5.56 Å². The van der Waals surface area contributed by atoms with Crippen LogP contribution in [0.5, 0.6) is 5.75 Å². The number of aliphatic hydroxyl groups excluding tert-OH is 1. The summed E-state index contributed by atoms with van der Waals surface area (Å²) < 4.78 is 5.71. The maximum Gasteiger partial charge on any atom is 0.122 e. The number of hydrogen-bond donors (Lipinski definition) is 1. The second kappa shape index (κ2) is 5.32. The van der Waals surface area contributed by atoms with Crippen molar-refractivity contribution in [2.45, 2.75) is 6.92 Å². The highest BCUT2D eigenvalue weighted by molar-refractivity contribution is 5.31. The second-order valence-electron chi connectivity index (χ2n) is 4.42. The number of likely N-dealkylation sites (tertiary alicyclic amines) is 1. The van der Waals surface area contributed by atoms with Gasteiger partial charge in [-0.05, 0) is 18.6 Å². The minimum atomic E-state index is 0.315. The molecule has 0 aliphatic carbocycles. The van der Waals surface area contributed by atoms with Crippen LogP contribution in [0.15, 0.2) is 24.3 Å². The number of rotatable bonds is 5. The van der Waals surface area contributed by atoms with E-state index in [2.05, 4.69) is 17.9 Å². The molecule has 0 amide bonds. The Labute approximate surface area is 96.6 Å². The molecule has 1 N–H and O–H groups in total. The number of hydrogen-bond acceptors (Lipinski definition) is 3. The minimum absolute atomic E-state index is 0.315. The molecule has 1 saturated heterocycles. The Hall–Kier alpha value is -1.06. The fourth-order valence-electron chi connectivity index (χ4n) is 1.98. The first kappa shape index (κ1) is 11.4. The van der Waals surface area contributed by atoms with Crippen molar-refractivity contribution in [3.05, 3.63) is 29.8 Å². The number of nitrogens with zero attached hydrogens (tertiary/aromatic N) is 1. The molecule has 88 valence electrons. The maximum absolute atomic E-state index is 8.89. The number of ether oxygens (including phenoxy) is 1. The van der Waals surface area contributed by atoms with Crippen LogP contribution in [0.1, 0.15) is 5.56 Å². The zero-order valence-corrected chi connectivity index (χ0v) is 9.72. The van der Waals surface area contributed by atoms with Crippen molar-refractivity contribution in [1.82, 2.24) is 4.90 Å². The van der Waals surface area contributed by atoms with Gasteiger partial charge < -0.3 is 9.84 Å². The molecule has 1 aromatic rings. The van der Waals surface area contributed by atoms with E-state index >= 15 is 0 Å². The molecule has 0 saturated carbocycles. The third kappa shape index (κ3) is 2.74. The van der Waals surface area contributed by atoms with E-state index in [9.17, 15) is 0 Å². The standard InChI is InChI=1S/C13H19NO2/c1-11-4-2-3-5-13(11)16-7-6-14-8-12(9-14)10-15/h2-5,12,15H,6-10H2,1H3. The Morgan fingerprint density at radius 2 is 2.12 bits per heavy atom. The molecule has 0 atom stereocenters. The largest absolute Gasteiger partial charge is 0.492 e. The average molecular weight is 221 g/mol. The predicted octanol–water partition coefficient (Wildman–Crippen LogP) is 1.30. The molecule has 0 unspecified atom stereocenters. The van der Waals surface area contributed by atoms with Crippen molar-refractivity contribution in [1.29, 1.82) is 0 Å². The van der Waals surface area contributed by atoms with Gasteiger partial charge in [0.25, 0.3) is 0 Å². The SMILES string of the molecule is Cc1ccccc1OCCN1CC(CO)C1. The number of aryl methyl sites for hydroxylation is 1. The van der Waals surface area contributed by atoms with Gasteiger partial charge in [0.1, 0.15) is 12.4 Å². The molecule has 0 bridgehead atoms. The highest BCUT2D eigenvalue weighted by atomic mass is 16.5. The molecule has 16 heavy (non-hydrogen) atoms. The summed E-state index contributed by atoms with van der Waals surface area (Å²) in [6, 6.07) is 8.07. The lowest BCUT2D eigenvalue weighted by Crippen LogP contribution is -2.49. The van der Waals surface area contributed by atoms with E-state index in [0.29, 0.717) is 12.5 Å². The number of para-hydroxylation sites is 1. The first-order chi connectivity index (χ1) is 7.79. The molecule has 3 heteroatoms. The second-order valence-corrected chi connectivity index (χ2v) is 4.42. The van der Waals surface area contributed by atoms with Crippen molar-refractivity contribution < 1.29 is 9.84 Å². The molecule has 1 heterocycles. The number of aliphatic hydroxyl groups is 1. The lowest BCUT2D eigenvalue weighted by Gasteiger charge is -2.38. The Balaban J connectivity index is 1.67. The Morgan fingerprint density at radius 3 is 2.81 bits per heavy atom. The van der Waals surface area contributed by atoms with Crippen LogP contribution < -0.4 is 4.74 Å². The fourth-order valence-corrected chi connectivity index (χ4v) is 1.98. The fraction of sp³-hybridized carbons (Fsp3) is 0.538. The zero-order chi connectivity index (χ0) is 11.4. The van der Waals surface area contributed by atoms with Crippen LogP contribution in [0.4, 0.5) is 0 Å². The van der Waals surface area contributed by atoms with Gasteiger partial charge in [-0.2, -0.15) is 0 Å². The van der Waals surface area contributed by atoms with Crippen molar-refractivity contribution >= 4 is 0 Å². The smallest absolute Gasteiger partial charge is 0.122 e. The van der Waals surface area contributed by atoms with Gasteiger partial charge in [-0.1, -0.05) is 18.2 Å². The van der Waals surface area contributed by atoms with E-state index in [1.807, 2.05) is 18.2 Å². The van der Waals surface area contributed by atoms with Gasteiger partial charge in [-0.15, -0.1) is 0 Å². The normalized spacial score (nSPS) is 17.1. The molecule has 1 aliphatic heterocycles. The Kier molecular flexibility index (Phi) is 3.80. The van der Waals surface area contributed by atoms with Gasteiger partial charge in [0.2, 0.25) is 0 Å².